The van der Waals surface area contributed by atoms with Gasteiger partial charge in [-0.3, -0.25) is 0 Å². The summed E-state index contributed by atoms with van der Waals surface area (Å²) in [5, 5.41) is 4.20. The summed E-state index contributed by atoms with van der Waals surface area (Å²) in [5.74, 6) is 0. The van der Waals surface area contributed by atoms with Crippen LogP contribution in [-0.2, 0) is 0 Å². The number of hydrogen-bond donors (Lipinski definition) is 1. The third-order valence-corrected chi connectivity index (χ3v) is 1.85. The molecule has 0 aromatic heterocycles. The minimum Gasteiger partial charge on any atom is -0.307 e. The van der Waals surface area contributed by atoms with Crippen LogP contribution in [0.15, 0.2) is 27.9 Å². The second kappa shape index (κ2) is 4.97. The molecule has 0 amide bonds. The van der Waals surface area contributed by atoms with E-state index in [4.69, 9.17) is 11.6 Å². The van der Waals surface area contributed by atoms with E-state index in [1.807, 2.05) is 13.8 Å². The van der Waals surface area contributed by atoms with Crippen LogP contribution in [0.25, 0.3) is 0 Å². The maximum atomic E-state index is 5.88. The molecule has 2 nitrogen and oxygen atoms in total. The van der Waals surface area contributed by atoms with E-state index in [1.165, 1.54) is 0 Å². The van der Waals surface area contributed by atoms with Crippen LogP contribution in [0.5, 0.6) is 0 Å². The number of allylic oxidation sites excluding steroid dienone is 2. The second-order valence-electron chi connectivity index (χ2n) is 2.37. The molecule has 0 spiro atoms. The Kier molecular flexibility index (Phi) is 4.62. The van der Waals surface area contributed by atoms with Gasteiger partial charge in [0.1, 0.15) is 0 Å². The van der Waals surface area contributed by atoms with Gasteiger partial charge in [-0.1, -0.05) is 18.2 Å². The molecular formula is C8H13ClN2. The fourth-order valence-electron chi connectivity index (χ4n) is 0.616. The minimum absolute atomic E-state index is 0.620. The Labute approximate surface area is 72.6 Å². The Morgan fingerprint density at radius 2 is 2.09 bits per heavy atom. The van der Waals surface area contributed by atoms with Gasteiger partial charge in [0.25, 0.3) is 0 Å². The molecule has 0 heterocycles. The van der Waals surface area contributed by atoms with Gasteiger partial charge >= 0.3 is 0 Å². The number of halogens is 1. The van der Waals surface area contributed by atoms with Gasteiger partial charge in [-0.2, -0.15) is 5.10 Å². The minimum atomic E-state index is 0.620. The highest BCUT2D eigenvalue weighted by atomic mass is 35.5. The zero-order valence-corrected chi connectivity index (χ0v) is 7.70. The molecule has 1 N–H and O–H groups in total. The van der Waals surface area contributed by atoms with Gasteiger partial charge in [0.05, 0.1) is 6.54 Å². The van der Waals surface area contributed by atoms with E-state index in [9.17, 15) is 0 Å². The number of nitrogens with one attached hydrogen (secondary N) is 1. The largest absolute Gasteiger partial charge is 0.307 e. The van der Waals surface area contributed by atoms with E-state index >= 15 is 0 Å². The van der Waals surface area contributed by atoms with Crippen molar-refractivity contribution >= 4 is 18.3 Å². The van der Waals surface area contributed by atoms with Gasteiger partial charge < -0.3 is 5.43 Å². The lowest BCUT2D eigenvalue weighted by Crippen LogP contribution is -2.08. The molecule has 62 valence electrons. The molecule has 0 atom stereocenters. The quantitative estimate of drug-likeness (QED) is 0.393. The molecule has 3 heteroatoms. The van der Waals surface area contributed by atoms with Crippen molar-refractivity contribution in [1.82, 2.24) is 5.43 Å². The van der Waals surface area contributed by atoms with E-state index in [0.717, 1.165) is 11.1 Å². The van der Waals surface area contributed by atoms with Crippen LogP contribution in [0, 0.1) is 0 Å². The van der Waals surface area contributed by atoms with E-state index in [1.54, 1.807) is 0 Å². The van der Waals surface area contributed by atoms with Crippen molar-refractivity contribution in [1.29, 1.82) is 0 Å². The van der Waals surface area contributed by atoms with Crippen molar-refractivity contribution in [3.05, 3.63) is 22.8 Å². The second-order valence-corrected chi connectivity index (χ2v) is 2.75. The SMILES string of the molecule is C=NNC/C(C)=C(\Cl)C(=C)C. The number of nitrogens with zero attached hydrogens (tertiary/aromatic N) is 1. The fraction of sp³-hybridized carbons (Fsp3) is 0.375. The van der Waals surface area contributed by atoms with Crippen LogP contribution in [0.3, 0.4) is 0 Å². The molecule has 0 saturated carbocycles. The lowest BCUT2D eigenvalue weighted by Gasteiger charge is -2.04. The Bertz CT molecular complexity index is 194. The van der Waals surface area contributed by atoms with Crippen molar-refractivity contribution < 1.29 is 0 Å². The first-order valence-electron chi connectivity index (χ1n) is 3.29. The molecule has 0 saturated heterocycles. The van der Waals surface area contributed by atoms with Gasteiger partial charge in [0, 0.05) is 11.7 Å². The van der Waals surface area contributed by atoms with Crippen LogP contribution in [0.1, 0.15) is 13.8 Å². The molecule has 11 heavy (non-hydrogen) atoms. The number of hydrogen-bond acceptors (Lipinski definition) is 2. The summed E-state index contributed by atoms with van der Waals surface area (Å²) < 4.78 is 0. The summed E-state index contributed by atoms with van der Waals surface area (Å²) in [5.41, 5.74) is 4.60. The van der Waals surface area contributed by atoms with E-state index in [2.05, 4.69) is 23.8 Å². The van der Waals surface area contributed by atoms with E-state index < -0.39 is 0 Å². The zero-order chi connectivity index (χ0) is 8.85. The third-order valence-electron chi connectivity index (χ3n) is 1.21. The van der Waals surface area contributed by atoms with Crippen LogP contribution in [0.4, 0.5) is 0 Å². The van der Waals surface area contributed by atoms with Gasteiger partial charge in [0.2, 0.25) is 0 Å². The molecule has 0 radical (unpaired) electrons. The van der Waals surface area contributed by atoms with Gasteiger partial charge in [-0.25, -0.2) is 0 Å². The number of rotatable bonds is 4. The lowest BCUT2D eigenvalue weighted by atomic mass is 10.2. The van der Waals surface area contributed by atoms with Crippen LogP contribution < -0.4 is 5.43 Å². The van der Waals surface area contributed by atoms with Gasteiger partial charge in [0.15, 0.2) is 0 Å². The highest BCUT2D eigenvalue weighted by molar-refractivity contribution is 6.32. The first-order valence-corrected chi connectivity index (χ1v) is 3.67. The molecule has 0 bridgehead atoms. The molecule has 0 aliphatic rings. The van der Waals surface area contributed by atoms with Crippen molar-refractivity contribution in [2.24, 2.45) is 5.10 Å². The van der Waals surface area contributed by atoms with Crippen molar-refractivity contribution in [3.63, 3.8) is 0 Å². The lowest BCUT2D eigenvalue weighted by molar-refractivity contribution is 0.804. The summed E-state index contributed by atoms with van der Waals surface area (Å²) in [6.45, 7) is 11.4. The fourth-order valence-corrected chi connectivity index (χ4v) is 0.683. The Morgan fingerprint density at radius 3 is 2.45 bits per heavy atom. The summed E-state index contributed by atoms with van der Waals surface area (Å²) in [6.07, 6.45) is 0. The Balaban J connectivity index is 4.15. The van der Waals surface area contributed by atoms with Crippen molar-refractivity contribution in [3.8, 4) is 0 Å². The highest BCUT2D eigenvalue weighted by Gasteiger charge is 1.98. The standard InChI is InChI=1S/C8H13ClN2/c1-6(2)8(9)7(3)5-11-10-4/h11H,1,4-5H2,2-3H3/b8-7-. The predicted molar refractivity (Wildman–Crippen MR) is 50.9 cm³/mol. The zero-order valence-electron chi connectivity index (χ0n) is 6.95. The maximum Gasteiger partial charge on any atom is 0.0554 e. The molecule has 0 fully saturated rings. The number of hydrazone groups is 1. The molecule has 0 aliphatic heterocycles. The Morgan fingerprint density at radius 1 is 1.55 bits per heavy atom. The molecule has 0 aromatic carbocycles. The van der Waals surface area contributed by atoms with Gasteiger partial charge in [-0.05, 0) is 25.0 Å². The summed E-state index contributed by atoms with van der Waals surface area (Å²) in [7, 11) is 0. The molecule has 0 unspecified atom stereocenters. The van der Waals surface area contributed by atoms with Crippen molar-refractivity contribution in [2.75, 3.05) is 6.54 Å². The normalized spacial score (nSPS) is 11.9. The van der Waals surface area contributed by atoms with E-state index in [-0.39, 0.29) is 0 Å². The van der Waals surface area contributed by atoms with Crippen LogP contribution in [-0.4, -0.2) is 13.3 Å². The van der Waals surface area contributed by atoms with E-state index in [0.29, 0.717) is 11.6 Å². The highest BCUT2D eigenvalue weighted by Crippen LogP contribution is 2.16. The van der Waals surface area contributed by atoms with Gasteiger partial charge in [-0.15, -0.1) is 0 Å². The molecule has 0 rings (SSSR count). The predicted octanol–water partition coefficient (Wildman–Crippen LogP) is 2.28. The first kappa shape index (κ1) is 10.2. The smallest absolute Gasteiger partial charge is 0.0554 e. The van der Waals surface area contributed by atoms with Crippen molar-refractivity contribution in [2.45, 2.75) is 13.8 Å². The topological polar surface area (TPSA) is 24.4 Å². The summed E-state index contributed by atoms with van der Waals surface area (Å²) >= 11 is 5.88. The van der Waals surface area contributed by atoms with Crippen LogP contribution in [0.2, 0.25) is 0 Å². The third kappa shape index (κ3) is 3.83. The monoisotopic (exact) mass is 172 g/mol. The summed E-state index contributed by atoms with van der Waals surface area (Å²) in [4.78, 5) is 0. The Hall–Kier alpha value is -0.760. The average molecular weight is 173 g/mol. The molecular weight excluding hydrogens is 160 g/mol. The summed E-state index contributed by atoms with van der Waals surface area (Å²) in [6, 6.07) is 0. The van der Waals surface area contributed by atoms with Crippen LogP contribution >= 0.6 is 11.6 Å². The first-order chi connectivity index (χ1) is 5.09. The molecule has 0 aromatic rings. The maximum absolute atomic E-state index is 5.88. The molecule has 0 aliphatic carbocycles. The average Bonchev–Trinajstić information content (AvgIpc) is 1.98.